The van der Waals surface area contributed by atoms with Crippen molar-refractivity contribution in [2.45, 2.75) is 38.6 Å². The minimum Gasteiger partial charge on any atom is -0.383 e. The van der Waals surface area contributed by atoms with Crippen LogP contribution < -0.4 is 5.32 Å². The Morgan fingerprint density at radius 3 is 2.68 bits per heavy atom. The fourth-order valence-electron chi connectivity index (χ4n) is 3.89. The van der Waals surface area contributed by atoms with Gasteiger partial charge in [-0.25, -0.2) is 9.97 Å². The maximum Gasteiger partial charge on any atom is 0.161 e. The Balaban J connectivity index is 2.04. The van der Waals surface area contributed by atoms with Gasteiger partial charge in [0.15, 0.2) is 5.82 Å². The van der Waals surface area contributed by atoms with Gasteiger partial charge in [0.1, 0.15) is 5.82 Å². The third-order valence-corrected chi connectivity index (χ3v) is 5.40. The van der Waals surface area contributed by atoms with Gasteiger partial charge >= 0.3 is 0 Å². The van der Waals surface area contributed by atoms with Gasteiger partial charge in [-0.15, -0.1) is 0 Å². The molecular formula is C26H33N5. The monoisotopic (exact) mass is 415 g/mol. The first-order valence-electron chi connectivity index (χ1n) is 10.9. The number of anilines is 1. The summed E-state index contributed by atoms with van der Waals surface area (Å²) < 4.78 is 0. The quantitative estimate of drug-likeness (QED) is 0.452. The lowest BCUT2D eigenvalue weighted by Crippen LogP contribution is -2.19. The predicted molar refractivity (Wildman–Crippen MR) is 132 cm³/mol. The third kappa shape index (κ3) is 5.69. The molecule has 1 aliphatic rings. The van der Waals surface area contributed by atoms with Gasteiger partial charge in [-0.3, -0.25) is 4.99 Å². The smallest absolute Gasteiger partial charge is 0.161 e. The number of nitrogens with zero attached hydrogens (tertiary/aromatic N) is 4. The van der Waals surface area contributed by atoms with Crippen LogP contribution in [0.5, 0.6) is 0 Å². The summed E-state index contributed by atoms with van der Waals surface area (Å²) in [5.41, 5.74) is 4.94. The normalized spacial score (nSPS) is 15.5. The fourth-order valence-corrected chi connectivity index (χ4v) is 3.89. The number of allylic oxidation sites excluding steroid dienone is 4. The van der Waals surface area contributed by atoms with Gasteiger partial charge < -0.3 is 10.2 Å². The van der Waals surface area contributed by atoms with Crippen LogP contribution >= 0.6 is 0 Å². The van der Waals surface area contributed by atoms with E-state index in [9.17, 15) is 0 Å². The van der Waals surface area contributed by atoms with Crippen LogP contribution in [-0.4, -0.2) is 47.8 Å². The second kappa shape index (κ2) is 10.7. The van der Waals surface area contributed by atoms with Crippen molar-refractivity contribution >= 4 is 17.1 Å². The van der Waals surface area contributed by atoms with Gasteiger partial charge in [-0.2, -0.15) is 0 Å². The summed E-state index contributed by atoms with van der Waals surface area (Å²) >= 11 is 0. The van der Waals surface area contributed by atoms with E-state index in [0.717, 1.165) is 33.8 Å². The van der Waals surface area contributed by atoms with E-state index in [2.05, 4.69) is 41.3 Å². The molecule has 0 unspecified atom stereocenters. The third-order valence-electron chi connectivity index (χ3n) is 5.40. The number of nitrogens with one attached hydrogen (secondary N) is 1. The van der Waals surface area contributed by atoms with Crippen molar-refractivity contribution in [2.75, 3.05) is 26.5 Å². The molecule has 0 radical (unpaired) electrons. The van der Waals surface area contributed by atoms with Gasteiger partial charge in [0.2, 0.25) is 0 Å². The number of hydrogen-bond acceptors (Lipinski definition) is 5. The van der Waals surface area contributed by atoms with Crippen molar-refractivity contribution in [3.05, 3.63) is 72.6 Å². The summed E-state index contributed by atoms with van der Waals surface area (Å²) in [5.74, 6) is 1.56. The van der Waals surface area contributed by atoms with Crippen molar-refractivity contribution in [1.82, 2.24) is 14.9 Å². The molecule has 1 fully saturated rings. The minimum atomic E-state index is 0.451. The molecule has 0 bridgehead atoms. The molecule has 0 aliphatic heterocycles. The standard InChI is InChI=1S/C26H33N5/c1-6-11-24(27-3)23-17-28-25(30-26(23)29-22-14-8-9-15-22)21-13-10-12-20(16-21)19(7-2)18-31(4)5/h6-7,10-13,16-18,22H,2,8-9,14-15H2,1,3-5H3,(H,28,29,30)/b11-6-,19-18+,27-24+. The zero-order chi connectivity index (χ0) is 22.2. The zero-order valence-corrected chi connectivity index (χ0v) is 19.1. The molecule has 31 heavy (non-hydrogen) atoms. The lowest BCUT2D eigenvalue weighted by molar-refractivity contribution is 0.566. The summed E-state index contributed by atoms with van der Waals surface area (Å²) in [6.07, 6.45) is 14.7. The molecule has 5 heteroatoms. The summed E-state index contributed by atoms with van der Waals surface area (Å²) in [5, 5.41) is 3.67. The van der Waals surface area contributed by atoms with Gasteiger partial charge in [0, 0.05) is 45.1 Å². The number of aliphatic imine (C=N–C) groups is 1. The van der Waals surface area contributed by atoms with Crippen LogP contribution in [0.15, 0.2) is 66.5 Å². The van der Waals surface area contributed by atoms with Crippen LogP contribution in [0.25, 0.3) is 17.0 Å². The number of benzene rings is 1. The van der Waals surface area contributed by atoms with E-state index in [1.807, 2.05) is 56.4 Å². The van der Waals surface area contributed by atoms with Crippen molar-refractivity contribution in [3.63, 3.8) is 0 Å². The molecule has 3 rings (SSSR count). The molecule has 0 atom stereocenters. The summed E-state index contributed by atoms with van der Waals surface area (Å²) in [4.78, 5) is 16.1. The van der Waals surface area contributed by atoms with Crippen molar-refractivity contribution in [2.24, 2.45) is 4.99 Å². The zero-order valence-electron chi connectivity index (χ0n) is 19.1. The van der Waals surface area contributed by atoms with Gasteiger partial charge in [-0.1, -0.05) is 49.8 Å². The number of aromatic nitrogens is 2. The average Bonchev–Trinajstić information content (AvgIpc) is 3.29. The van der Waals surface area contributed by atoms with Crippen molar-refractivity contribution in [3.8, 4) is 11.4 Å². The first-order chi connectivity index (χ1) is 15.0. The van der Waals surface area contributed by atoms with E-state index >= 15 is 0 Å². The Hall–Kier alpha value is -3.21. The maximum atomic E-state index is 4.95. The van der Waals surface area contributed by atoms with E-state index < -0.39 is 0 Å². The lowest BCUT2D eigenvalue weighted by atomic mass is 10.0. The van der Waals surface area contributed by atoms with Crippen LogP contribution in [0.4, 0.5) is 5.82 Å². The molecule has 1 heterocycles. The van der Waals surface area contributed by atoms with E-state index in [4.69, 9.17) is 9.97 Å². The molecule has 1 aliphatic carbocycles. The maximum absolute atomic E-state index is 4.95. The van der Waals surface area contributed by atoms with E-state index in [1.165, 1.54) is 25.7 Å². The van der Waals surface area contributed by atoms with Gasteiger partial charge in [0.25, 0.3) is 0 Å². The summed E-state index contributed by atoms with van der Waals surface area (Å²) in [7, 11) is 5.82. The SMILES string of the molecule is C=C/C(=C\N(C)C)c1cccc(-c2ncc(C(/C=C\C)=N/C)c(NC3CCCC3)n2)c1. The summed E-state index contributed by atoms with van der Waals surface area (Å²) in [6, 6.07) is 8.74. The van der Waals surface area contributed by atoms with E-state index in [0.29, 0.717) is 11.9 Å². The first kappa shape index (κ1) is 22.5. The highest BCUT2D eigenvalue weighted by molar-refractivity contribution is 6.11. The Bertz CT molecular complexity index is 995. The Labute approximate surface area is 186 Å². The largest absolute Gasteiger partial charge is 0.383 e. The molecule has 2 aromatic rings. The van der Waals surface area contributed by atoms with E-state index in [-0.39, 0.29) is 0 Å². The molecule has 1 saturated carbocycles. The molecule has 5 nitrogen and oxygen atoms in total. The Morgan fingerprint density at radius 2 is 2.03 bits per heavy atom. The highest BCUT2D eigenvalue weighted by Crippen LogP contribution is 2.27. The number of rotatable bonds is 8. The first-order valence-corrected chi connectivity index (χ1v) is 10.9. The topological polar surface area (TPSA) is 53.4 Å². The highest BCUT2D eigenvalue weighted by Gasteiger charge is 2.19. The molecule has 0 spiro atoms. The highest BCUT2D eigenvalue weighted by atomic mass is 15.1. The molecule has 0 saturated heterocycles. The lowest BCUT2D eigenvalue weighted by Gasteiger charge is -2.17. The second-order valence-electron chi connectivity index (χ2n) is 8.02. The molecular weight excluding hydrogens is 382 g/mol. The van der Waals surface area contributed by atoms with Crippen molar-refractivity contribution in [1.29, 1.82) is 0 Å². The van der Waals surface area contributed by atoms with Crippen LogP contribution in [0, 0.1) is 0 Å². The Kier molecular flexibility index (Phi) is 7.76. The molecule has 1 aromatic carbocycles. The molecule has 1 aromatic heterocycles. The average molecular weight is 416 g/mol. The summed E-state index contributed by atoms with van der Waals surface area (Å²) in [6.45, 7) is 5.96. The van der Waals surface area contributed by atoms with Gasteiger partial charge in [0.05, 0.1) is 11.3 Å². The Morgan fingerprint density at radius 1 is 1.26 bits per heavy atom. The van der Waals surface area contributed by atoms with Crippen LogP contribution in [-0.2, 0) is 0 Å². The fraction of sp³-hybridized carbons (Fsp3) is 0.346. The number of hydrogen-bond donors (Lipinski definition) is 1. The van der Waals surface area contributed by atoms with Crippen LogP contribution in [0.3, 0.4) is 0 Å². The molecule has 1 N–H and O–H groups in total. The molecule has 162 valence electrons. The minimum absolute atomic E-state index is 0.451. The van der Waals surface area contributed by atoms with Crippen LogP contribution in [0.1, 0.15) is 43.7 Å². The second-order valence-corrected chi connectivity index (χ2v) is 8.02. The molecule has 0 amide bonds. The van der Waals surface area contributed by atoms with Crippen molar-refractivity contribution < 1.29 is 0 Å². The van der Waals surface area contributed by atoms with E-state index in [1.54, 1.807) is 7.05 Å². The van der Waals surface area contributed by atoms with Crippen LogP contribution in [0.2, 0.25) is 0 Å². The van der Waals surface area contributed by atoms with Gasteiger partial charge in [-0.05, 0) is 43.0 Å². The predicted octanol–water partition coefficient (Wildman–Crippen LogP) is 5.58.